The molecule has 9 heteroatoms. The molecule has 1 N–H and O–H groups in total. The zero-order valence-corrected chi connectivity index (χ0v) is 27.8. The van der Waals surface area contributed by atoms with Gasteiger partial charge in [0.2, 0.25) is 11.8 Å². The second-order valence-electron chi connectivity index (χ2n) is 13.8. The monoisotopic (exact) mass is 640 g/mol. The Labute approximate surface area is 280 Å². The third-order valence-electron chi connectivity index (χ3n) is 9.99. The van der Waals surface area contributed by atoms with Crippen molar-refractivity contribution >= 4 is 28.5 Å². The molecule has 2 aliphatic rings. The molecule has 0 spiro atoms. The highest BCUT2D eigenvalue weighted by atomic mass is 16.2. The third-order valence-corrected chi connectivity index (χ3v) is 9.99. The maximum atomic E-state index is 14.2. The lowest BCUT2D eigenvalue weighted by molar-refractivity contribution is -0.140. The van der Waals surface area contributed by atoms with Gasteiger partial charge in [0, 0.05) is 42.4 Å². The number of piperidine rings is 1. The summed E-state index contributed by atoms with van der Waals surface area (Å²) in [6.45, 7) is 7.37. The molecular formula is C39H40N6O3. The van der Waals surface area contributed by atoms with Crippen molar-refractivity contribution in [3.05, 3.63) is 113 Å². The number of nitrogens with zero attached hydrogens (tertiary/aromatic N) is 5. The molecule has 244 valence electrons. The Morgan fingerprint density at radius 2 is 1.52 bits per heavy atom. The molecule has 48 heavy (non-hydrogen) atoms. The molecule has 0 bridgehead atoms. The van der Waals surface area contributed by atoms with Crippen molar-refractivity contribution in [2.45, 2.75) is 78.0 Å². The number of likely N-dealkylation sites (tertiary alicyclic amines) is 1. The second kappa shape index (κ2) is 12.4. The fourth-order valence-corrected chi connectivity index (χ4v) is 7.45. The Kier molecular flexibility index (Phi) is 8.15. The number of Topliss-reactive ketones (excluding diaryl/α,β-unsaturated/α-hetero) is 1. The highest BCUT2D eigenvalue weighted by Gasteiger charge is 2.64. The lowest BCUT2D eigenvalue weighted by Gasteiger charge is -2.29. The number of amides is 2. The van der Waals surface area contributed by atoms with Gasteiger partial charge in [-0.15, -0.1) is 0 Å². The molecule has 0 radical (unpaired) electrons. The van der Waals surface area contributed by atoms with Crippen molar-refractivity contribution in [3.63, 3.8) is 0 Å². The van der Waals surface area contributed by atoms with Gasteiger partial charge in [-0.3, -0.25) is 19.1 Å². The third kappa shape index (κ3) is 6.12. The maximum Gasteiger partial charge on any atom is 0.245 e. The summed E-state index contributed by atoms with van der Waals surface area (Å²) in [7, 11) is 0. The van der Waals surface area contributed by atoms with Crippen LogP contribution >= 0.6 is 0 Å². The molecule has 7 rings (SSSR count). The van der Waals surface area contributed by atoms with Gasteiger partial charge >= 0.3 is 0 Å². The number of ketones is 1. The molecular weight excluding hydrogens is 600 g/mol. The zero-order chi connectivity index (χ0) is 33.6. The average molecular weight is 641 g/mol. The summed E-state index contributed by atoms with van der Waals surface area (Å²) in [5.41, 5.74) is 5.85. The van der Waals surface area contributed by atoms with E-state index >= 15 is 0 Å². The van der Waals surface area contributed by atoms with Crippen molar-refractivity contribution in [1.29, 1.82) is 0 Å². The Morgan fingerprint density at radius 3 is 2.12 bits per heavy atom. The van der Waals surface area contributed by atoms with E-state index in [1.807, 2.05) is 62.4 Å². The molecule has 3 heterocycles. The molecule has 2 fully saturated rings. The van der Waals surface area contributed by atoms with E-state index in [2.05, 4.69) is 51.6 Å². The Balaban J connectivity index is 1.15. The lowest BCUT2D eigenvalue weighted by Crippen LogP contribution is -2.52. The van der Waals surface area contributed by atoms with Crippen LogP contribution in [0.1, 0.15) is 59.7 Å². The van der Waals surface area contributed by atoms with E-state index in [-0.39, 0.29) is 41.6 Å². The van der Waals surface area contributed by atoms with E-state index in [0.29, 0.717) is 36.2 Å². The van der Waals surface area contributed by atoms with Crippen molar-refractivity contribution < 1.29 is 14.4 Å². The van der Waals surface area contributed by atoms with Gasteiger partial charge in [0.25, 0.3) is 0 Å². The van der Waals surface area contributed by atoms with Crippen molar-refractivity contribution in [2.75, 3.05) is 0 Å². The fraction of sp³-hybridized carbons (Fsp3) is 0.333. The van der Waals surface area contributed by atoms with Gasteiger partial charge in [-0.2, -0.15) is 5.10 Å². The van der Waals surface area contributed by atoms with Gasteiger partial charge in [0.05, 0.1) is 5.52 Å². The normalized spacial score (nSPS) is 19.8. The number of carbonyl (C=O) groups is 3. The van der Waals surface area contributed by atoms with E-state index < -0.39 is 6.04 Å². The zero-order valence-electron chi connectivity index (χ0n) is 27.8. The molecule has 1 saturated heterocycles. The van der Waals surface area contributed by atoms with Crippen LogP contribution in [0, 0.1) is 19.3 Å². The first-order valence-electron chi connectivity index (χ1n) is 16.6. The van der Waals surface area contributed by atoms with E-state index in [9.17, 15) is 14.4 Å². The summed E-state index contributed by atoms with van der Waals surface area (Å²) in [5, 5.41) is 8.68. The Bertz CT molecular complexity index is 1970. The number of carbonyl (C=O) groups excluding carboxylic acids is 3. The first kappa shape index (κ1) is 31.4. The highest BCUT2D eigenvalue weighted by molar-refractivity contribution is 6.07. The number of hydrogen-bond donors (Lipinski definition) is 1. The minimum Gasteiger partial charge on any atom is -0.351 e. The Hall–Kier alpha value is -5.18. The molecule has 3 aromatic carbocycles. The molecule has 2 aromatic heterocycles. The highest BCUT2D eigenvalue weighted by Crippen LogP contribution is 2.59. The average Bonchev–Trinajstić information content (AvgIpc) is 3.42. The summed E-state index contributed by atoms with van der Waals surface area (Å²) in [4.78, 5) is 51.5. The van der Waals surface area contributed by atoms with Crippen molar-refractivity contribution in [2.24, 2.45) is 5.41 Å². The topological polar surface area (TPSA) is 110 Å². The van der Waals surface area contributed by atoms with E-state index in [1.54, 1.807) is 22.0 Å². The fourth-order valence-electron chi connectivity index (χ4n) is 7.45. The standard InChI is InChI=1S/C39H40N6O3/c1-24-15-29(30-21-40-26(3)41-22-30)18-32-36(25(2)46)43-44(37(24)32)23-35(47)45-33(19-39(4)20-34(39)45)38(48)42-31(16-27-11-7-5-8-12-27)17-28-13-9-6-10-14-28/h5-15,18,21-22,31,33-34H,16-17,19-20,23H2,1-4H3,(H,42,48)/t33-,34?,39-/m0/s1. The van der Waals surface area contributed by atoms with Gasteiger partial charge in [-0.25, -0.2) is 9.97 Å². The van der Waals surface area contributed by atoms with Crippen LogP contribution in [0.2, 0.25) is 0 Å². The minimum atomic E-state index is -0.571. The number of fused-ring (bicyclic) bond motifs is 2. The van der Waals surface area contributed by atoms with Gasteiger partial charge < -0.3 is 10.2 Å². The minimum absolute atomic E-state index is 0.00536. The summed E-state index contributed by atoms with van der Waals surface area (Å²) in [6.07, 6.45) is 6.40. The van der Waals surface area contributed by atoms with Crippen LogP contribution in [0.4, 0.5) is 0 Å². The van der Waals surface area contributed by atoms with Gasteiger partial charge in [-0.1, -0.05) is 67.6 Å². The quantitative estimate of drug-likeness (QED) is 0.197. The second-order valence-corrected chi connectivity index (χ2v) is 13.8. The van der Waals surface area contributed by atoms with E-state index in [0.717, 1.165) is 39.8 Å². The maximum absolute atomic E-state index is 14.2. The molecule has 9 nitrogen and oxygen atoms in total. The van der Waals surface area contributed by atoms with Crippen LogP contribution in [-0.4, -0.2) is 60.4 Å². The molecule has 3 atom stereocenters. The number of nitrogens with one attached hydrogen (secondary N) is 1. The number of aromatic nitrogens is 4. The first-order chi connectivity index (χ1) is 23.1. The smallest absolute Gasteiger partial charge is 0.245 e. The van der Waals surface area contributed by atoms with Crippen LogP contribution in [0.15, 0.2) is 85.2 Å². The van der Waals surface area contributed by atoms with Crippen LogP contribution in [0.3, 0.4) is 0 Å². The summed E-state index contributed by atoms with van der Waals surface area (Å²) < 4.78 is 1.64. The first-order valence-corrected chi connectivity index (χ1v) is 16.6. The SMILES string of the molecule is CC(=O)c1nn(CC(=O)N2C3C[C@]3(C)C[C@H]2C(=O)NC(Cc2ccccc2)Cc2ccccc2)c2c(C)cc(-c3cnc(C)nc3)cc12. The molecule has 1 unspecified atom stereocenters. The van der Waals surface area contributed by atoms with E-state index in [1.165, 1.54) is 6.92 Å². The molecule has 1 aliphatic heterocycles. The number of aryl methyl sites for hydroxylation is 2. The summed E-state index contributed by atoms with van der Waals surface area (Å²) in [5.74, 6) is 0.207. The number of hydrogen-bond acceptors (Lipinski definition) is 6. The number of benzene rings is 3. The summed E-state index contributed by atoms with van der Waals surface area (Å²) >= 11 is 0. The molecule has 1 saturated carbocycles. The van der Waals surface area contributed by atoms with Gasteiger partial charge in [0.1, 0.15) is 24.1 Å². The van der Waals surface area contributed by atoms with Crippen molar-refractivity contribution in [3.8, 4) is 11.1 Å². The Morgan fingerprint density at radius 1 is 0.896 bits per heavy atom. The van der Waals surface area contributed by atoms with E-state index in [4.69, 9.17) is 0 Å². The largest absolute Gasteiger partial charge is 0.351 e. The lowest BCUT2D eigenvalue weighted by atomic mass is 9.97. The van der Waals surface area contributed by atoms with Crippen LogP contribution < -0.4 is 5.32 Å². The molecule has 5 aromatic rings. The molecule has 1 aliphatic carbocycles. The number of rotatable bonds is 10. The summed E-state index contributed by atoms with van der Waals surface area (Å²) in [6, 6.07) is 23.6. The van der Waals surface area contributed by atoms with Gasteiger partial charge in [-0.05, 0) is 79.3 Å². The van der Waals surface area contributed by atoms with Crippen LogP contribution in [0.25, 0.3) is 22.0 Å². The van der Waals surface area contributed by atoms with Crippen LogP contribution in [0.5, 0.6) is 0 Å². The van der Waals surface area contributed by atoms with Gasteiger partial charge in [0.15, 0.2) is 5.78 Å². The molecule has 2 amide bonds. The predicted molar refractivity (Wildman–Crippen MR) is 184 cm³/mol. The van der Waals surface area contributed by atoms with Crippen molar-refractivity contribution in [1.82, 2.24) is 30.0 Å². The van der Waals surface area contributed by atoms with Crippen LogP contribution in [-0.2, 0) is 29.0 Å². The predicted octanol–water partition coefficient (Wildman–Crippen LogP) is 5.66.